The van der Waals surface area contributed by atoms with Gasteiger partial charge in [0.15, 0.2) is 0 Å². The monoisotopic (exact) mass is 364 g/mol. The molecule has 1 aromatic carbocycles. The fraction of sp³-hybridized carbons (Fsp3) is 0.353. The summed E-state index contributed by atoms with van der Waals surface area (Å²) in [5.41, 5.74) is 2.61. The molecule has 2 aromatic rings. The minimum Gasteiger partial charge on any atom is -0.313 e. The van der Waals surface area contributed by atoms with Gasteiger partial charge in [-0.2, -0.15) is 0 Å². The molecule has 4 heteroatoms. The standard InChI is InChI=1S/C17H21BrN2S/c1-3-20-16(9-14-8-15(18)11-19-10-14)12-21-17-7-5-4-6-13(17)2/h4-8,10-11,16,20H,3,9,12H2,1-2H3. The number of rotatable bonds is 7. The first-order chi connectivity index (χ1) is 10.2. The van der Waals surface area contributed by atoms with Crippen LogP contribution in [-0.2, 0) is 6.42 Å². The molecule has 1 N–H and O–H groups in total. The molecular formula is C17H21BrN2S. The van der Waals surface area contributed by atoms with Gasteiger partial charge in [-0.3, -0.25) is 4.98 Å². The number of aromatic nitrogens is 1. The first-order valence-corrected chi connectivity index (χ1v) is 8.98. The minimum absolute atomic E-state index is 0.454. The Morgan fingerprint density at radius 1 is 1.29 bits per heavy atom. The van der Waals surface area contributed by atoms with Crippen LogP contribution in [0.1, 0.15) is 18.1 Å². The zero-order valence-corrected chi connectivity index (χ0v) is 14.9. The fourth-order valence-corrected chi connectivity index (χ4v) is 3.74. The van der Waals surface area contributed by atoms with Gasteiger partial charge in [0, 0.05) is 33.6 Å². The van der Waals surface area contributed by atoms with Crippen LogP contribution < -0.4 is 5.32 Å². The van der Waals surface area contributed by atoms with E-state index in [1.54, 1.807) is 0 Å². The Morgan fingerprint density at radius 3 is 2.81 bits per heavy atom. The molecule has 0 aliphatic carbocycles. The normalized spacial score (nSPS) is 12.3. The van der Waals surface area contributed by atoms with Crippen molar-refractivity contribution < 1.29 is 0 Å². The predicted molar refractivity (Wildman–Crippen MR) is 95.0 cm³/mol. The van der Waals surface area contributed by atoms with Crippen molar-refractivity contribution in [2.45, 2.75) is 31.2 Å². The van der Waals surface area contributed by atoms with E-state index >= 15 is 0 Å². The molecule has 1 heterocycles. The summed E-state index contributed by atoms with van der Waals surface area (Å²) >= 11 is 5.41. The molecule has 0 aliphatic rings. The lowest BCUT2D eigenvalue weighted by Gasteiger charge is -2.18. The number of nitrogens with zero attached hydrogens (tertiary/aromatic N) is 1. The molecule has 0 saturated carbocycles. The van der Waals surface area contributed by atoms with Gasteiger partial charge in [-0.05, 0) is 59.1 Å². The van der Waals surface area contributed by atoms with E-state index in [0.717, 1.165) is 23.2 Å². The maximum Gasteiger partial charge on any atom is 0.0410 e. The van der Waals surface area contributed by atoms with Crippen molar-refractivity contribution in [1.29, 1.82) is 0 Å². The number of thioether (sulfide) groups is 1. The second-order valence-corrected chi connectivity index (χ2v) is 7.02. The summed E-state index contributed by atoms with van der Waals surface area (Å²) in [7, 11) is 0. The number of halogens is 1. The number of hydrogen-bond acceptors (Lipinski definition) is 3. The smallest absolute Gasteiger partial charge is 0.0410 e. The molecule has 0 spiro atoms. The van der Waals surface area contributed by atoms with Crippen LogP contribution in [0.4, 0.5) is 0 Å². The Morgan fingerprint density at radius 2 is 2.10 bits per heavy atom. The zero-order chi connectivity index (χ0) is 15.1. The number of likely N-dealkylation sites (N-methyl/N-ethyl adjacent to an activating group) is 1. The van der Waals surface area contributed by atoms with E-state index in [1.165, 1.54) is 16.0 Å². The van der Waals surface area contributed by atoms with E-state index in [2.05, 4.69) is 70.4 Å². The molecule has 1 unspecified atom stereocenters. The third-order valence-corrected chi connectivity index (χ3v) is 5.04. The average Bonchev–Trinajstić information content (AvgIpc) is 2.46. The molecule has 112 valence electrons. The van der Waals surface area contributed by atoms with Crippen molar-refractivity contribution in [3.63, 3.8) is 0 Å². The van der Waals surface area contributed by atoms with E-state index in [0.29, 0.717) is 6.04 Å². The lowest BCUT2D eigenvalue weighted by molar-refractivity contribution is 0.572. The summed E-state index contributed by atoms with van der Waals surface area (Å²) in [5, 5.41) is 3.58. The van der Waals surface area contributed by atoms with Crippen molar-refractivity contribution >= 4 is 27.7 Å². The molecule has 0 radical (unpaired) electrons. The van der Waals surface area contributed by atoms with Crippen molar-refractivity contribution in [2.75, 3.05) is 12.3 Å². The van der Waals surface area contributed by atoms with Crippen molar-refractivity contribution in [1.82, 2.24) is 10.3 Å². The number of pyridine rings is 1. The van der Waals surface area contributed by atoms with Gasteiger partial charge in [-0.15, -0.1) is 11.8 Å². The number of nitrogens with one attached hydrogen (secondary N) is 1. The molecule has 1 atom stereocenters. The van der Waals surface area contributed by atoms with Crippen LogP contribution in [0, 0.1) is 6.92 Å². The maximum atomic E-state index is 4.25. The zero-order valence-electron chi connectivity index (χ0n) is 12.5. The van der Waals surface area contributed by atoms with Crippen LogP contribution >= 0.6 is 27.7 Å². The van der Waals surface area contributed by atoms with Crippen molar-refractivity contribution in [3.05, 3.63) is 58.3 Å². The second-order valence-electron chi connectivity index (χ2n) is 5.05. The Bertz CT molecular complexity index is 574. The third kappa shape index (κ3) is 5.46. The Hall–Kier alpha value is -0.840. The highest BCUT2D eigenvalue weighted by molar-refractivity contribution is 9.10. The topological polar surface area (TPSA) is 24.9 Å². The summed E-state index contributed by atoms with van der Waals surface area (Å²) < 4.78 is 1.04. The molecule has 2 nitrogen and oxygen atoms in total. The van der Waals surface area contributed by atoms with Gasteiger partial charge in [0.25, 0.3) is 0 Å². The Kier molecular flexibility index (Phi) is 6.74. The van der Waals surface area contributed by atoms with Crippen LogP contribution in [0.15, 0.2) is 52.1 Å². The summed E-state index contributed by atoms with van der Waals surface area (Å²) in [6, 6.07) is 11.2. The van der Waals surface area contributed by atoms with Gasteiger partial charge in [0.2, 0.25) is 0 Å². The van der Waals surface area contributed by atoms with Gasteiger partial charge in [0.05, 0.1) is 0 Å². The largest absolute Gasteiger partial charge is 0.313 e. The van der Waals surface area contributed by atoms with Crippen LogP contribution in [0.2, 0.25) is 0 Å². The highest BCUT2D eigenvalue weighted by atomic mass is 79.9. The van der Waals surface area contributed by atoms with Crippen LogP contribution in [0.25, 0.3) is 0 Å². The van der Waals surface area contributed by atoms with E-state index in [4.69, 9.17) is 0 Å². The quantitative estimate of drug-likeness (QED) is 0.733. The highest BCUT2D eigenvalue weighted by Gasteiger charge is 2.10. The summed E-state index contributed by atoms with van der Waals surface area (Å²) in [5.74, 6) is 1.06. The van der Waals surface area contributed by atoms with Crippen LogP contribution in [0.5, 0.6) is 0 Å². The highest BCUT2D eigenvalue weighted by Crippen LogP contribution is 2.23. The van der Waals surface area contributed by atoms with Gasteiger partial charge in [-0.1, -0.05) is 25.1 Å². The summed E-state index contributed by atoms with van der Waals surface area (Å²) in [6.07, 6.45) is 4.78. The van der Waals surface area contributed by atoms with Gasteiger partial charge in [0.1, 0.15) is 0 Å². The Labute approximate surface area is 139 Å². The average molecular weight is 365 g/mol. The molecule has 0 bridgehead atoms. The predicted octanol–water partition coefficient (Wildman–Crippen LogP) is 4.47. The lowest BCUT2D eigenvalue weighted by atomic mass is 10.1. The van der Waals surface area contributed by atoms with E-state index in [9.17, 15) is 0 Å². The van der Waals surface area contributed by atoms with E-state index in [-0.39, 0.29) is 0 Å². The molecule has 21 heavy (non-hydrogen) atoms. The number of benzene rings is 1. The maximum absolute atomic E-state index is 4.25. The lowest BCUT2D eigenvalue weighted by Crippen LogP contribution is -2.33. The van der Waals surface area contributed by atoms with Crippen molar-refractivity contribution in [2.24, 2.45) is 0 Å². The first kappa shape index (κ1) is 16.5. The third-order valence-electron chi connectivity index (χ3n) is 3.27. The summed E-state index contributed by atoms with van der Waals surface area (Å²) in [4.78, 5) is 5.62. The van der Waals surface area contributed by atoms with E-state index in [1.807, 2.05) is 24.2 Å². The van der Waals surface area contributed by atoms with Crippen LogP contribution in [0.3, 0.4) is 0 Å². The molecule has 0 amide bonds. The second kappa shape index (κ2) is 8.57. The first-order valence-electron chi connectivity index (χ1n) is 7.20. The molecule has 0 saturated heterocycles. The molecule has 2 rings (SSSR count). The van der Waals surface area contributed by atoms with Crippen molar-refractivity contribution in [3.8, 4) is 0 Å². The molecule has 0 aliphatic heterocycles. The van der Waals surface area contributed by atoms with E-state index < -0.39 is 0 Å². The number of aryl methyl sites for hydroxylation is 1. The SMILES string of the molecule is CCNC(CSc1ccccc1C)Cc1cncc(Br)c1. The Balaban J connectivity index is 1.97. The molecule has 0 fully saturated rings. The van der Waals surface area contributed by atoms with Gasteiger partial charge in [-0.25, -0.2) is 0 Å². The van der Waals surface area contributed by atoms with Gasteiger partial charge < -0.3 is 5.32 Å². The van der Waals surface area contributed by atoms with Crippen LogP contribution in [-0.4, -0.2) is 23.3 Å². The molecular weight excluding hydrogens is 344 g/mol. The minimum atomic E-state index is 0.454. The fourth-order valence-electron chi connectivity index (χ4n) is 2.24. The summed E-state index contributed by atoms with van der Waals surface area (Å²) in [6.45, 7) is 5.31. The molecule has 1 aromatic heterocycles. The van der Waals surface area contributed by atoms with Gasteiger partial charge >= 0.3 is 0 Å². The number of hydrogen-bond donors (Lipinski definition) is 1.